The lowest BCUT2D eigenvalue weighted by atomic mass is 9.85. The van der Waals surface area contributed by atoms with Crippen molar-refractivity contribution in [2.75, 3.05) is 0 Å². The van der Waals surface area contributed by atoms with Gasteiger partial charge in [-0.3, -0.25) is 0 Å². The van der Waals surface area contributed by atoms with Crippen LogP contribution >= 0.6 is 0 Å². The number of ether oxygens (including phenoxy) is 1. The lowest BCUT2D eigenvalue weighted by Gasteiger charge is -2.22. The summed E-state index contributed by atoms with van der Waals surface area (Å²) in [5.74, 6) is 2.56. The zero-order chi connectivity index (χ0) is 45.0. The van der Waals surface area contributed by atoms with Crippen molar-refractivity contribution in [3.8, 4) is 90.1 Å². The van der Waals surface area contributed by atoms with Gasteiger partial charge < -0.3 is 9.30 Å². The van der Waals surface area contributed by atoms with Crippen LogP contribution in [0.25, 0.3) is 101 Å². The molecule has 13 rings (SSSR count). The molecule has 320 valence electrons. The Bertz CT molecular complexity index is 3610. The maximum Gasteiger partial charge on any atom is 0.167 e. The molecular formula is C63H42N4O. The average molecular weight is 871 g/mol. The summed E-state index contributed by atoms with van der Waals surface area (Å²) in [6.07, 6.45) is 4.36. The van der Waals surface area contributed by atoms with Crippen LogP contribution < -0.4 is 4.74 Å². The molecule has 1 aliphatic carbocycles. The van der Waals surface area contributed by atoms with E-state index in [1.165, 1.54) is 27.6 Å². The molecule has 5 nitrogen and oxygen atoms in total. The molecule has 0 N–H and O–H groups in total. The minimum absolute atomic E-state index is 0.00273. The molecule has 1 aliphatic heterocycles. The molecule has 11 aromatic rings. The van der Waals surface area contributed by atoms with E-state index in [2.05, 4.69) is 235 Å². The van der Waals surface area contributed by atoms with Crippen LogP contribution in [0.3, 0.4) is 0 Å². The van der Waals surface area contributed by atoms with Crippen molar-refractivity contribution in [2.45, 2.75) is 12.0 Å². The molecule has 0 amide bonds. The van der Waals surface area contributed by atoms with Gasteiger partial charge in [-0.05, 0) is 87.0 Å². The summed E-state index contributed by atoms with van der Waals surface area (Å²) in [7, 11) is 0. The first-order valence-corrected chi connectivity index (χ1v) is 23.2. The Kier molecular flexibility index (Phi) is 9.57. The number of rotatable bonds is 8. The van der Waals surface area contributed by atoms with Crippen molar-refractivity contribution >= 4 is 17.0 Å². The number of para-hydroxylation sites is 2. The predicted octanol–water partition coefficient (Wildman–Crippen LogP) is 15.7. The third-order valence-corrected chi connectivity index (χ3v) is 13.4. The summed E-state index contributed by atoms with van der Waals surface area (Å²) in [6.45, 7) is 0. The highest BCUT2D eigenvalue weighted by molar-refractivity contribution is 5.92. The van der Waals surface area contributed by atoms with Gasteiger partial charge in [0.1, 0.15) is 11.9 Å². The van der Waals surface area contributed by atoms with Gasteiger partial charge in [0.2, 0.25) is 0 Å². The van der Waals surface area contributed by atoms with Gasteiger partial charge in [-0.25, -0.2) is 15.0 Å². The Balaban J connectivity index is 0.906. The molecule has 5 heteroatoms. The fraction of sp³-hybridized carbons (Fsp3) is 0.0317. The van der Waals surface area contributed by atoms with Crippen LogP contribution in [0.1, 0.15) is 28.8 Å². The average Bonchev–Trinajstić information content (AvgIpc) is 3.98. The van der Waals surface area contributed by atoms with E-state index >= 15 is 0 Å². The highest BCUT2D eigenvalue weighted by Gasteiger charge is 2.41. The zero-order valence-corrected chi connectivity index (χ0v) is 36.9. The summed E-state index contributed by atoms with van der Waals surface area (Å²) in [4.78, 5) is 15.7. The van der Waals surface area contributed by atoms with Crippen molar-refractivity contribution in [1.82, 2.24) is 19.5 Å². The number of hydrogen-bond donors (Lipinski definition) is 0. The largest absolute Gasteiger partial charge is 0.484 e. The molecule has 68 heavy (non-hydrogen) atoms. The number of nitrogens with zero attached hydrogens (tertiary/aromatic N) is 4. The Labute approximate surface area is 395 Å². The van der Waals surface area contributed by atoms with E-state index in [0.717, 1.165) is 72.7 Å². The first-order chi connectivity index (χ1) is 33.7. The lowest BCUT2D eigenvalue weighted by Crippen LogP contribution is -2.13. The first kappa shape index (κ1) is 39.4. The van der Waals surface area contributed by atoms with E-state index in [4.69, 9.17) is 19.7 Å². The highest BCUT2D eigenvalue weighted by atomic mass is 16.5. The van der Waals surface area contributed by atoms with E-state index in [0.29, 0.717) is 17.5 Å². The lowest BCUT2D eigenvalue weighted by molar-refractivity contribution is 0.225. The van der Waals surface area contributed by atoms with Crippen LogP contribution in [-0.4, -0.2) is 19.5 Å². The van der Waals surface area contributed by atoms with Gasteiger partial charge in [0.25, 0.3) is 0 Å². The number of fused-ring (bicyclic) bond motifs is 7. The maximum atomic E-state index is 7.30. The zero-order valence-electron chi connectivity index (χ0n) is 36.9. The molecule has 2 aliphatic rings. The number of hydrogen-bond acceptors (Lipinski definition) is 4. The minimum atomic E-state index is -0.253. The quantitative estimate of drug-likeness (QED) is 0.153. The monoisotopic (exact) mass is 870 g/mol. The Morgan fingerprint density at radius 1 is 0.382 bits per heavy atom. The van der Waals surface area contributed by atoms with E-state index in [1.54, 1.807) is 0 Å². The molecule has 0 spiro atoms. The topological polar surface area (TPSA) is 52.8 Å². The maximum absolute atomic E-state index is 7.30. The van der Waals surface area contributed by atoms with Gasteiger partial charge in [0.05, 0.1) is 16.8 Å². The molecule has 2 aromatic heterocycles. The summed E-state index contributed by atoms with van der Waals surface area (Å²) < 4.78 is 9.69. The van der Waals surface area contributed by atoms with Crippen molar-refractivity contribution < 1.29 is 4.74 Å². The minimum Gasteiger partial charge on any atom is -0.484 e. The predicted molar refractivity (Wildman–Crippen MR) is 276 cm³/mol. The second-order valence-corrected chi connectivity index (χ2v) is 17.5. The van der Waals surface area contributed by atoms with Gasteiger partial charge in [0.15, 0.2) is 17.5 Å². The molecular weight excluding hydrogens is 829 g/mol. The van der Waals surface area contributed by atoms with Crippen LogP contribution in [0, 0.1) is 0 Å². The van der Waals surface area contributed by atoms with Crippen LogP contribution in [0.15, 0.2) is 237 Å². The third kappa shape index (κ3) is 6.92. The number of aromatic nitrogens is 4. The van der Waals surface area contributed by atoms with E-state index in [9.17, 15) is 0 Å². The number of benzene rings is 9. The van der Waals surface area contributed by atoms with Crippen molar-refractivity contribution in [2.24, 2.45) is 0 Å². The summed E-state index contributed by atoms with van der Waals surface area (Å²) in [5, 5.41) is 1.18. The fourth-order valence-corrected chi connectivity index (χ4v) is 10.2. The Hall–Kier alpha value is -8.93. The van der Waals surface area contributed by atoms with E-state index in [-0.39, 0.29) is 12.0 Å². The second-order valence-electron chi connectivity index (χ2n) is 17.5. The van der Waals surface area contributed by atoms with Gasteiger partial charge in [0, 0.05) is 39.2 Å². The molecule has 9 aromatic carbocycles. The Morgan fingerprint density at radius 3 is 1.49 bits per heavy atom. The molecule has 3 heterocycles. The normalized spacial score (nSPS) is 14.5. The molecule has 2 unspecified atom stereocenters. The van der Waals surface area contributed by atoms with Crippen LogP contribution in [-0.2, 0) is 0 Å². The molecule has 0 fully saturated rings. The van der Waals surface area contributed by atoms with Gasteiger partial charge in [-0.1, -0.05) is 200 Å². The van der Waals surface area contributed by atoms with Crippen LogP contribution in [0.5, 0.6) is 5.75 Å². The summed E-state index contributed by atoms with van der Waals surface area (Å²) in [5.41, 5.74) is 17.5. The van der Waals surface area contributed by atoms with Crippen molar-refractivity contribution in [1.29, 1.82) is 0 Å². The van der Waals surface area contributed by atoms with E-state index in [1.807, 2.05) is 12.1 Å². The first-order valence-electron chi connectivity index (χ1n) is 23.2. The Morgan fingerprint density at radius 2 is 0.853 bits per heavy atom. The molecule has 0 saturated heterocycles. The van der Waals surface area contributed by atoms with Crippen molar-refractivity contribution in [3.63, 3.8) is 0 Å². The smallest absolute Gasteiger partial charge is 0.167 e. The van der Waals surface area contributed by atoms with E-state index < -0.39 is 0 Å². The van der Waals surface area contributed by atoms with Gasteiger partial charge in [-0.15, -0.1) is 0 Å². The second kappa shape index (κ2) is 16.5. The van der Waals surface area contributed by atoms with Crippen LogP contribution in [0.2, 0.25) is 0 Å². The summed E-state index contributed by atoms with van der Waals surface area (Å²) >= 11 is 0. The van der Waals surface area contributed by atoms with Gasteiger partial charge >= 0.3 is 0 Å². The fourth-order valence-electron chi connectivity index (χ4n) is 10.2. The van der Waals surface area contributed by atoms with Crippen LogP contribution in [0.4, 0.5) is 0 Å². The van der Waals surface area contributed by atoms with Gasteiger partial charge in [-0.2, -0.15) is 0 Å². The third-order valence-electron chi connectivity index (χ3n) is 13.4. The molecule has 0 radical (unpaired) electrons. The molecule has 2 atom stereocenters. The molecule has 0 bridgehead atoms. The summed E-state index contributed by atoms with van der Waals surface area (Å²) in [6, 6.07) is 81.1. The van der Waals surface area contributed by atoms with Crippen molar-refractivity contribution in [3.05, 3.63) is 253 Å². The highest BCUT2D eigenvalue weighted by Crippen LogP contribution is 2.55. The molecule has 0 saturated carbocycles. The SMILES string of the molecule is C1=CC2c3cccc(-c4nc(-c5cccc(-c6ccccc6)c5)nc(-c5cccc(-c6ccccc6)c5)n4)c3OC2c2c1n(-c1cccc(-c3ccc(-c4ccccc4)cc3)c1)c1ccccc21. The standard InChI is InChI=1S/C63H42N4O/c1-4-16-41(17-5-1)44-32-34-45(35-33-44)48-24-14-27-51(40-48)67-56-31-11-10-28-54(56)58-57(67)37-36-53-52-29-15-30-55(59(52)68-60(53)58)63-65-61(49-25-12-22-46(38-49)42-18-6-2-7-19-42)64-62(66-63)50-26-13-23-47(39-50)43-20-8-3-9-21-43/h1-40,53,60H.